The summed E-state index contributed by atoms with van der Waals surface area (Å²) >= 11 is 6.69. The van der Waals surface area contributed by atoms with Crippen LogP contribution in [-0.4, -0.2) is 79.2 Å². The Morgan fingerprint density at radius 2 is 1.77 bits per heavy atom. The molecule has 31 heavy (non-hydrogen) atoms. The zero-order valence-electron chi connectivity index (χ0n) is 18.6. The Kier molecular flexibility index (Phi) is 6.99. The fourth-order valence-electron chi connectivity index (χ4n) is 3.77. The Morgan fingerprint density at radius 3 is 2.39 bits per heavy atom. The Labute approximate surface area is 188 Å². The van der Waals surface area contributed by atoms with Gasteiger partial charge in [0.15, 0.2) is 0 Å². The molecule has 0 aromatic heterocycles. The molecule has 0 aliphatic carbocycles. The highest BCUT2D eigenvalue weighted by Crippen LogP contribution is 2.35. The zero-order chi connectivity index (χ0) is 22.8. The predicted octanol–water partition coefficient (Wildman–Crippen LogP) is 2.96. The Hall–Kier alpha value is -2.48. The number of fused-ring (bicyclic) bond motifs is 1. The monoisotopic (exact) mass is 451 g/mol. The molecule has 0 atom stereocenters. The van der Waals surface area contributed by atoms with Crippen LogP contribution in [0.25, 0.3) is 0 Å². The summed E-state index contributed by atoms with van der Waals surface area (Å²) in [4.78, 5) is 42.4. The number of hydrogen-bond donors (Lipinski definition) is 0. The fourth-order valence-corrected chi connectivity index (χ4v) is 4.16. The highest BCUT2D eigenvalue weighted by Gasteiger charge is 2.32. The summed E-state index contributed by atoms with van der Waals surface area (Å²) in [6.07, 6.45) is 0.306. The molecular weight excluding hydrogens is 422 g/mol. The van der Waals surface area contributed by atoms with Crippen molar-refractivity contribution in [2.45, 2.75) is 39.7 Å². The summed E-state index contributed by atoms with van der Waals surface area (Å²) in [5.74, 6) is -0.682. The number of esters is 1. The number of carbonyl (C=O) groups is 3. The lowest BCUT2D eigenvalue weighted by atomic mass is 9.97. The van der Waals surface area contributed by atoms with Gasteiger partial charge in [-0.15, -0.1) is 0 Å². The number of hydrogen-bond acceptors (Lipinski definition) is 6. The van der Waals surface area contributed by atoms with Crippen LogP contribution in [0.3, 0.4) is 0 Å². The van der Waals surface area contributed by atoms with Crippen LogP contribution in [0.15, 0.2) is 12.1 Å². The third-order valence-corrected chi connectivity index (χ3v) is 5.64. The summed E-state index contributed by atoms with van der Waals surface area (Å²) in [6.45, 7) is 10.1. The Morgan fingerprint density at radius 1 is 1.10 bits per heavy atom. The van der Waals surface area contributed by atoms with Gasteiger partial charge in [-0.25, -0.2) is 4.79 Å². The number of ether oxygens (including phenoxy) is 2. The molecule has 2 aliphatic heterocycles. The fraction of sp³-hybridized carbons (Fsp3) is 0.591. The van der Waals surface area contributed by atoms with E-state index in [2.05, 4.69) is 4.90 Å². The molecule has 2 aliphatic rings. The van der Waals surface area contributed by atoms with Crippen molar-refractivity contribution < 1.29 is 23.9 Å². The molecule has 170 valence electrons. The molecule has 0 saturated carbocycles. The van der Waals surface area contributed by atoms with Gasteiger partial charge in [-0.05, 0) is 45.7 Å². The van der Waals surface area contributed by atoms with Gasteiger partial charge in [0.25, 0.3) is 5.91 Å². The summed E-state index contributed by atoms with van der Waals surface area (Å²) in [7, 11) is 0. The molecule has 1 fully saturated rings. The van der Waals surface area contributed by atoms with Crippen molar-refractivity contribution >= 4 is 35.3 Å². The maximum atomic E-state index is 13.0. The van der Waals surface area contributed by atoms with Crippen molar-refractivity contribution in [3.05, 3.63) is 28.3 Å². The molecule has 3 rings (SSSR count). The van der Waals surface area contributed by atoms with Crippen molar-refractivity contribution in [1.29, 1.82) is 0 Å². The second-order valence-electron chi connectivity index (χ2n) is 8.67. The average Bonchev–Trinajstić information content (AvgIpc) is 2.69. The minimum atomic E-state index is -0.536. The molecule has 8 nitrogen and oxygen atoms in total. The predicted molar refractivity (Wildman–Crippen MR) is 118 cm³/mol. The Balaban J connectivity index is 1.71. The number of benzene rings is 1. The van der Waals surface area contributed by atoms with E-state index in [1.54, 1.807) is 11.8 Å². The van der Waals surface area contributed by atoms with E-state index in [1.807, 2.05) is 32.9 Å². The van der Waals surface area contributed by atoms with E-state index < -0.39 is 11.6 Å². The molecule has 0 spiro atoms. The topological polar surface area (TPSA) is 79.4 Å². The Bertz CT molecular complexity index is 859. The first-order chi connectivity index (χ1) is 14.6. The van der Waals surface area contributed by atoms with Gasteiger partial charge < -0.3 is 24.2 Å². The summed E-state index contributed by atoms with van der Waals surface area (Å²) in [6, 6.07) is 3.86. The van der Waals surface area contributed by atoms with E-state index in [9.17, 15) is 14.4 Å². The van der Waals surface area contributed by atoms with Crippen molar-refractivity contribution in [2.75, 3.05) is 50.8 Å². The van der Waals surface area contributed by atoms with Crippen LogP contribution in [0.1, 0.15) is 43.6 Å². The molecule has 0 radical (unpaired) electrons. The number of nitrogens with zero attached hydrogens (tertiary/aromatic N) is 3. The van der Waals surface area contributed by atoms with Gasteiger partial charge in [0.1, 0.15) is 12.1 Å². The van der Waals surface area contributed by atoms with E-state index in [0.29, 0.717) is 49.7 Å². The third-order valence-electron chi connectivity index (χ3n) is 5.26. The van der Waals surface area contributed by atoms with Gasteiger partial charge in [-0.2, -0.15) is 0 Å². The number of rotatable bonds is 4. The van der Waals surface area contributed by atoms with Crippen LogP contribution in [0.2, 0.25) is 5.02 Å². The largest absolute Gasteiger partial charge is 0.465 e. The van der Waals surface area contributed by atoms with Crippen LogP contribution < -0.4 is 4.90 Å². The van der Waals surface area contributed by atoms with E-state index >= 15 is 0 Å². The maximum Gasteiger partial charge on any atom is 0.410 e. The van der Waals surface area contributed by atoms with E-state index in [-0.39, 0.29) is 25.2 Å². The smallest absolute Gasteiger partial charge is 0.410 e. The average molecular weight is 452 g/mol. The lowest BCUT2D eigenvalue weighted by Gasteiger charge is -2.38. The minimum Gasteiger partial charge on any atom is -0.465 e. The minimum absolute atomic E-state index is 0.0821. The normalized spacial score (nSPS) is 16.8. The van der Waals surface area contributed by atoms with Crippen LogP contribution in [0, 0.1) is 0 Å². The quantitative estimate of drug-likeness (QED) is 0.655. The van der Waals surface area contributed by atoms with Gasteiger partial charge >= 0.3 is 12.1 Å². The van der Waals surface area contributed by atoms with Crippen molar-refractivity contribution in [2.24, 2.45) is 0 Å². The van der Waals surface area contributed by atoms with Crippen LogP contribution >= 0.6 is 11.6 Å². The van der Waals surface area contributed by atoms with Gasteiger partial charge in [-0.3, -0.25) is 9.59 Å². The SMILES string of the molecule is CCOC(=O)CN1CCc2ccc(N3CCN(C(=O)OC(C)(C)C)CC3)c(Cl)c2C1=O. The number of amides is 2. The lowest BCUT2D eigenvalue weighted by molar-refractivity contribution is -0.143. The molecule has 1 saturated heterocycles. The van der Waals surface area contributed by atoms with Crippen molar-refractivity contribution in [1.82, 2.24) is 9.80 Å². The summed E-state index contributed by atoms with van der Waals surface area (Å²) < 4.78 is 10.4. The van der Waals surface area contributed by atoms with Crippen molar-refractivity contribution in [3.8, 4) is 0 Å². The molecule has 1 aromatic carbocycles. The number of anilines is 1. The van der Waals surface area contributed by atoms with Crippen LogP contribution in [0.5, 0.6) is 0 Å². The van der Waals surface area contributed by atoms with Crippen LogP contribution in [0.4, 0.5) is 10.5 Å². The molecule has 9 heteroatoms. The van der Waals surface area contributed by atoms with Gasteiger partial charge in [0.2, 0.25) is 0 Å². The maximum absolute atomic E-state index is 13.0. The van der Waals surface area contributed by atoms with E-state index in [0.717, 1.165) is 11.3 Å². The van der Waals surface area contributed by atoms with Crippen LogP contribution in [-0.2, 0) is 20.7 Å². The molecule has 1 aromatic rings. The lowest BCUT2D eigenvalue weighted by Crippen LogP contribution is -2.50. The van der Waals surface area contributed by atoms with E-state index in [1.165, 1.54) is 4.90 Å². The highest BCUT2D eigenvalue weighted by molar-refractivity contribution is 6.36. The van der Waals surface area contributed by atoms with E-state index in [4.69, 9.17) is 21.1 Å². The molecule has 2 heterocycles. The molecular formula is C22H30ClN3O5. The zero-order valence-corrected chi connectivity index (χ0v) is 19.3. The molecule has 2 amide bonds. The number of carbonyl (C=O) groups excluding carboxylic acids is 3. The highest BCUT2D eigenvalue weighted by atomic mass is 35.5. The van der Waals surface area contributed by atoms with Gasteiger partial charge in [0.05, 0.1) is 22.9 Å². The molecule has 0 bridgehead atoms. The second-order valence-corrected chi connectivity index (χ2v) is 9.05. The number of halogens is 1. The summed E-state index contributed by atoms with van der Waals surface area (Å²) in [5, 5.41) is 0.391. The first-order valence-corrected chi connectivity index (χ1v) is 11.0. The standard InChI is InChI=1S/C22H30ClN3O5/c1-5-30-17(27)14-26-9-8-15-6-7-16(19(23)18(15)20(26)28)24-10-12-25(13-11-24)21(29)31-22(2,3)4/h6-7H,5,8-14H2,1-4H3. The second kappa shape index (κ2) is 9.34. The van der Waals surface area contributed by atoms with Gasteiger partial charge in [-0.1, -0.05) is 17.7 Å². The van der Waals surface area contributed by atoms with Gasteiger partial charge in [0, 0.05) is 32.7 Å². The first-order valence-electron chi connectivity index (χ1n) is 10.6. The van der Waals surface area contributed by atoms with Crippen molar-refractivity contribution in [3.63, 3.8) is 0 Å². The third kappa shape index (κ3) is 5.42. The molecule has 0 N–H and O–H groups in total. The number of piperazine rings is 1. The first kappa shape index (κ1) is 23.2. The molecule has 0 unspecified atom stereocenters. The summed E-state index contributed by atoms with van der Waals surface area (Å²) in [5.41, 5.74) is 1.55.